The van der Waals surface area contributed by atoms with Crippen molar-refractivity contribution in [1.82, 2.24) is 4.98 Å². The lowest BCUT2D eigenvalue weighted by atomic mass is 9.90. The van der Waals surface area contributed by atoms with E-state index in [2.05, 4.69) is 31.0 Å². The van der Waals surface area contributed by atoms with E-state index in [4.69, 9.17) is 0 Å². The van der Waals surface area contributed by atoms with Gasteiger partial charge in [0, 0.05) is 12.4 Å². The van der Waals surface area contributed by atoms with E-state index in [0.717, 1.165) is 5.92 Å². The van der Waals surface area contributed by atoms with Crippen molar-refractivity contribution in [3.05, 3.63) is 30.1 Å². The zero-order valence-electron chi connectivity index (χ0n) is 10.1. The van der Waals surface area contributed by atoms with Gasteiger partial charge in [-0.25, -0.2) is 0 Å². The Morgan fingerprint density at radius 3 is 2.27 bits per heavy atom. The van der Waals surface area contributed by atoms with E-state index in [9.17, 15) is 0 Å². The van der Waals surface area contributed by atoms with Crippen molar-refractivity contribution in [2.24, 2.45) is 0 Å². The predicted molar refractivity (Wildman–Crippen MR) is 66.0 cm³/mol. The summed E-state index contributed by atoms with van der Waals surface area (Å²) in [5, 5.41) is 0. The molecular weight excluding hydrogens is 182 g/mol. The molecule has 0 saturated carbocycles. The van der Waals surface area contributed by atoms with Gasteiger partial charge in [-0.3, -0.25) is 4.98 Å². The number of aromatic nitrogens is 1. The van der Waals surface area contributed by atoms with Gasteiger partial charge in [0.05, 0.1) is 0 Å². The molecule has 1 aromatic rings. The van der Waals surface area contributed by atoms with Crippen LogP contribution < -0.4 is 0 Å². The van der Waals surface area contributed by atoms with E-state index in [0.29, 0.717) is 0 Å². The zero-order chi connectivity index (χ0) is 10.9. The van der Waals surface area contributed by atoms with Gasteiger partial charge in [0.25, 0.3) is 0 Å². The average molecular weight is 205 g/mol. The van der Waals surface area contributed by atoms with Gasteiger partial charge in [0.2, 0.25) is 0 Å². The molecule has 0 atom stereocenters. The summed E-state index contributed by atoms with van der Waals surface area (Å²) in [5.74, 6) is 0.735. The molecule has 0 aliphatic carbocycles. The van der Waals surface area contributed by atoms with Crippen LogP contribution in [-0.2, 0) is 0 Å². The molecule has 1 heterocycles. The van der Waals surface area contributed by atoms with Gasteiger partial charge in [0.1, 0.15) is 0 Å². The minimum absolute atomic E-state index is 0.735. The van der Waals surface area contributed by atoms with Crippen molar-refractivity contribution in [2.45, 2.75) is 58.3 Å². The number of nitrogens with zero attached hydrogens (tertiary/aromatic N) is 1. The summed E-state index contributed by atoms with van der Waals surface area (Å²) >= 11 is 0. The van der Waals surface area contributed by atoms with Crippen molar-refractivity contribution >= 4 is 0 Å². The summed E-state index contributed by atoms with van der Waals surface area (Å²) in [5.41, 5.74) is 1.43. The molecule has 0 amide bonds. The van der Waals surface area contributed by atoms with Crippen molar-refractivity contribution < 1.29 is 0 Å². The lowest BCUT2D eigenvalue weighted by molar-refractivity contribution is 0.524. The van der Waals surface area contributed by atoms with E-state index >= 15 is 0 Å². The second kappa shape index (κ2) is 7.44. The van der Waals surface area contributed by atoms with Gasteiger partial charge < -0.3 is 0 Å². The molecule has 0 aromatic carbocycles. The summed E-state index contributed by atoms with van der Waals surface area (Å²) in [7, 11) is 0. The molecule has 1 heteroatoms. The van der Waals surface area contributed by atoms with Crippen molar-refractivity contribution in [1.29, 1.82) is 0 Å². The molecule has 1 aromatic heterocycles. The first-order valence-electron chi connectivity index (χ1n) is 6.28. The third kappa shape index (κ3) is 4.46. The van der Waals surface area contributed by atoms with Crippen LogP contribution >= 0.6 is 0 Å². The maximum atomic E-state index is 4.22. The van der Waals surface area contributed by atoms with Crippen LogP contribution in [0, 0.1) is 0 Å². The smallest absolute Gasteiger partial charge is 0.0302 e. The third-order valence-electron chi connectivity index (χ3n) is 2.97. The van der Waals surface area contributed by atoms with E-state index in [1.54, 1.807) is 0 Å². The first-order valence-corrected chi connectivity index (χ1v) is 6.28. The Labute approximate surface area is 93.9 Å². The highest BCUT2D eigenvalue weighted by Crippen LogP contribution is 2.26. The van der Waals surface area contributed by atoms with Crippen molar-refractivity contribution in [3.63, 3.8) is 0 Å². The fourth-order valence-electron chi connectivity index (χ4n) is 2.00. The Bertz CT molecular complexity index is 235. The molecule has 0 saturated heterocycles. The number of rotatable bonds is 7. The van der Waals surface area contributed by atoms with Crippen molar-refractivity contribution in [3.8, 4) is 0 Å². The van der Waals surface area contributed by atoms with E-state index in [-0.39, 0.29) is 0 Å². The first-order chi connectivity index (χ1) is 7.38. The van der Waals surface area contributed by atoms with Gasteiger partial charge >= 0.3 is 0 Å². The standard InChI is InChI=1S/C14H23N/c1-3-5-8-13(9-6-4-2)14-10-7-11-15-12-14/h7,10-13H,3-6,8-9H2,1-2H3. The Hall–Kier alpha value is -0.850. The molecule has 0 radical (unpaired) electrons. The molecule has 0 aliphatic rings. The van der Waals surface area contributed by atoms with Crippen LogP contribution in [-0.4, -0.2) is 4.98 Å². The van der Waals surface area contributed by atoms with Crippen molar-refractivity contribution in [2.75, 3.05) is 0 Å². The van der Waals surface area contributed by atoms with Crippen LogP contribution in [0.25, 0.3) is 0 Å². The molecule has 0 unspecified atom stereocenters. The molecule has 0 aliphatic heterocycles. The normalized spacial score (nSPS) is 10.9. The predicted octanol–water partition coefficient (Wildman–Crippen LogP) is 4.55. The highest BCUT2D eigenvalue weighted by atomic mass is 14.6. The highest BCUT2D eigenvalue weighted by Gasteiger charge is 2.10. The molecule has 1 rings (SSSR count). The van der Waals surface area contributed by atoms with Gasteiger partial charge in [-0.15, -0.1) is 0 Å². The van der Waals surface area contributed by atoms with Crippen LogP contribution in [0.15, 0.2) is 24.5 Å². The Morgan fingerprint density at radius 2 is 1.80 bits per heavy atom. The summed E-state index contributed by atoms with van der Waals surface area (Å²) in [6.45, 7) is 4.53. The minimum Gasteiger partial charge on any atom is -0.264 e. The van der Waals surface area contributed by atoms with Crippen LogP contribution in [0.5, 0.6) is 0 Å². The maximum absolute atomic E-state index is 4.22. The van der Waals surface area contributed by atoms with Crippen LogP contribution in [0.2, 0.25) is 0 Å². The quantitative estimate of drug-likeness (QED) is 0.636. The maximum Gasteiger partial charge on any atom is 0.0302 e. The van der Waals surface area contributed by atoms with Gasteiger partial charge in [-0.1, -0.05) is 45.6 Å². The lowest BCUT2D eigenvalue weighted by Gasteiger charge is -2.16. The molecule has 0 bridgehead atoms. The highest BCUT2D eigenvalue weighted by molar-refractivity contribution is 5.14. The van der Waals surface area contributed by atoms with Gasteiger partial charge in [-0.05, 0) is 30.4 Å². The van der Waals surface area contributed by atoms with E-state index in [1.165, 1.54) is 44.1 Å². The number of hydrogen-bond acceptors (Lipinski definition) is 1. The zero-order valence-corrected chi connectivity index (χ0v) is 10.1. The fourth-order valence-corrected chi connectivity index (χ4v) is 2.00. The first kappa shape index (κ1) is 12.2. The van der Waals surface area contributed by atoms with Crippen LogP contribution in [0.1, 0.15) is 63.9 Å². The average Bonchev–Trinajstić information content (AvgIpc) is 2.30. The molecule has 84 valence electrons. The second-order valence-corrected chi connectivity index (χ2v) is 4.27. The Kier molecular flexibility index (Phi) is 6.06. The Morgan fingerprint density at radius 1 is 1.13 bits per heavy atom. The molecule has 1 nitrogen and oxygen atoms in total. The molecule has 0 spiro atoms. The summed E-state index contributed by atoms with van der Waals surface area (Å²) in [6.07, 6.45) is 11.8. The fraction of sp³-hybridized carbons (Fsp3) is 0.643. The monoisotopic (exact) mass is 205 g/mol. The Balaban J connectivity index is 2.55. The number of pyridine rings is 1. The number of hydrogen-bond donors (Lipinski definition) is 0. The van der Waals surface area contributed by atoms with Gasteiger partial charge in [-0.2, -0.15) is 0 Å². The lowest BCUT2D eigenvalue weighted by Crippen LogP contribution is -1.99. The summed E-state index contributed by atoms with van der Waals surface area (Å²) in [6, 6.07) is 4.28. The third-order valence-corrected chi connectivity index (χ3v) is 2.97. The molecule has 0 N–H and O–H groups in total. The van der Waals surface area contributed by atoms with E-state index < -0.39 is 0 Å². The minimum atomic E-state index is 0.735. The molecule has 0 fully saturated rings. The summed E-state index contributed by atoms with van der Waals surface area (Å²) < 4.78 is 0. The van der Waals surface area contributed by atoms with Gasteiger partial charge in [0.15, 0.2) is 0 Å². The largest absolute Gasteiger partial charge is 0.264 e. The summed E-state index contributed by atoms with van der Waals surface area (Å²) in [4.78, 5) is 4.22. The molecule has 15 heavy (non-hydrogen) atoms. The second-order valence-electron chi connectivity index (χ2n) is 4.27. The molecular formula is C14H23N. The van der Waals surface area contributed by atoms with Crippen LogP contribution in [0.3, 0.4) is 0 Å². The number of unbranched alkanes of at least 4 members (excludes halogenated alkanes) is 2. The topological polar surface area (TPSA) is 12.9 Å². The van der Waals surface area contributed by atoms with E-state index in [1.807, 2.05) is 12.4 Å². The SMILES string of the molecule is CCCCC(CCCC)c1cccnc1. The van der Waals surface area contributed by atoms with Crippen LogP contribution in [0.4, 0.5) is 0 Å².